The summed E-state index contributed by atoms with van der Waals surface area (Å²) in [7, 11) is 1.74. The predicted octanol–water partition coefficient (Wildman–Crippen LogP) is 2.25. The third-order valence-electron chi connectivity index (χ3n) is 4.59. The number of hydrogen-bond donors (Lipinski definition) is 0. The van der Waals surface area contributed by atoms with E-state index in [2.05, 4.69) is 20.2 Å². The summed E-state index contributed by atoms with van der Waals surface area (Å²) >= 11 is 0. The number of nitrogens with zero attached hydrogens (tertiary/aromatic N) is 6. The molecule has 0 N–H and O–H groups in total. The molecule has 0 aliphatic carbocycles. The van der Waals surface area contributed by atoms with Crippen LogP contribution in [0.4, 0.5) is 0 Å². The molecule has 0 spiro atoms. The molecule has 3 aromatic heterocycles. The van der Waals surface area contributed by atoms with E-state index in [-0.39, 0.29) is 12.5 Å². The minimum Gasteiger partial charge on any atom is -0.337 e. The van der Waals surface area contributed by atoms with Crippen LogP contribution in [0.5, 0.6) is 0 Å². The average molecular weight is 352 g/mol. The minimum atomic E-state index is -0.0632. The lowest BCUT2D eigenvalue weighted by Crippen LogP contribution is -2.28. The van der Waals surface area contributed by atoms with Gasteiger partial charge in [-0.3, -0.25) is 14.5 Å². The summed E-state index contributed by atoms with van der Waals surface area (Å²) in [5.74, 6) is 0.790. The molecular weight excluding hydrogens is 332 g/mol. The van der Waals surface area contributed by atoms with Crippen LogP contribution < -0.4 is 0 Å². The highest BCUT2D eigenvalue weighted by Crippen LogP contribution is 2.23. The molecule has 0 saturated heterocycles. The number of pyridine rings is 1. The molecule has 0 bridgehead atoms. The van der Waals surface area contributed by atoms with Crippen LogP contribution in [0.2, 0.25) is 0 Å². The highest BCUT2D eigenvalue weighted by atomic mass is 16.5. The third kappa shape index (κ3) is 2.98. The standard InChI is InChI=1S/C18H20N6O2/c1-12-16(14-7-3-4-9-24(14)21-12)18(25)23(2)11-15-20-17(22-26-15)13-6-5-8-19-10-13/h5-6,8,10H,3-4,7,9,11H2,1-2H3. The lowest BCUT2D eigenvalue weighted by Gasteiger charge is -2.18. The maximum atomic E-state index is 13.0. The lowest BCUT2D eigenvalue weighted by molar-refractivity contribution is 0.0767. The smallest absolute Gasteiger partial charge is 0.257 e. The van der Waals surface area contributed by atoms with Crippen LogP contribution in [0, 0.1) is 6.92 Å². The predicted molar refractivity (Wildman–Crippen MR) is 93.2 cm³/mol. The highest BCUT2D eigenvalue weighted by Gasteiger charge is 2.26. The zero-order valence-corrected chi connectivity index (χ0v) is 14.8. The van der Waals surface area contributed by atoms with Crippen molar-refractivity contribution in [1.82, 2.24) is 29.8 Å². The van der Waals surface area contributed by atoms with Crippen LogP contribution in [0.1, 0.15) is 40.5 Å². The Balaban J connectivity index is 1.52. The second kappa shape index (κ2) is 6.70. The number of rotatable bonds is 4. The molecule has 26 heavy (non-hydrogen) atoms. The highest BCUT2D eigenvalue weighted by molar-refractivity contribution is 5.96. The van der Waals surface area contributed by atoms with Gasteiger partial charge in [0.25, 0.3) is 5.91 Å². The van der Waals surface area contributed by atoms with Crippen molar-refractivity contribution in [2.24, 2.45) is 0 Å². The van der Waals surface area contributed by atoms with E-state index in [0.717, 1.165) is 42.8 Å². The molecular formula is C18H20N6O2. The number of fused-ring (bicyclic) bond motifs is 1. The number of carbonyl (C=O) groups is 1. The average Bonchev–Trinajstić information content (AvgIpc) is 3.25. The first-order chi connectivity index (χ1) is 12.6. The molecule has 8 nitrogen and oxygen atoms in total. The topological polar surface area (TPSA) is 89.9 Å². The molecule has 1 aliphatic rings. The number of carbonyl (C=O) groups excluding carboxylic acids is 1. The Labute approximate surface area is 150 Å². The zero-order valence-electron chi connectivity index (χ0n) is 14.8. The molecule has 8 heteroatoms. The van der Waals surface area contributed by atoms with Gasteiger partial charge < -0.3 is 9.42 Å². The fraction of sp³-hybridized carbons (Fsp3) is 0.389. The summed E-state index contributed by atoms with van der Waals surface area (Å²) in [4.78, 5) is 23.0. The van der Waals surface area contributed by atoms with Gasteiger partial charge >= 0.3 is 0 Å². The van der Waals surface area contributed by atoms with E-state index in [4.69, 9.17) is 4.52 Å². The summed E-state index contributed by atoms with van der Waals surface area (Å²) in [5, 5.41) is 8.49. The molecule has 0 fully saturated rings. The van der Waals surface area contributed by atoms with Gasteiger partial charge in [-0.1, -0.05) is 5.16 Å². The van der Waals surface area contributed by atoms with Gasteiger partial charge in [0.1, 0.15) is 6.54 Å². The molecule has 4 heterocycles. The zero-order chi connectivity index (χ0) is 18.1. The van der Waals surface area contributed by atoms with E-state index in [1.54, 1.807) is 24.3 Å². The van der Waals surface area contributed by atoms with Crippen molar-refractivity contribution in [1.29, 1.82) is 0 Å². The molecule has 0 saturated carbocycles. The van der Waals surface area contributed by atoms with E-state index in [9.17, 15) is 4.79 Å². The van der Waals surface area contributed by atoms with Crippen molar-refractivity contribution < 1.29 is 9.32 Å². The van der Waals surface area contributed by atoms with E-state index in [1.165, 1.54) is 0 Å². The van der Waals surface area contributed by atoms with Crippen molar-refractivity contribution in [2.45, 2.75) is 39.3 Å². The number of amides is 1. The van der Waals surface area contributed by atoms with Crippen molar-refractivity contribution in [3.63, 3.8) is 0 Å². The summed E-state index contributed by atoms with van der Waals surface area (Å²) in [5.41, 5.74) is 3.30. The van der Waals surface area contributed by atoms with Crippen molar-refractivity contribution in [3.8, 4) is 11.4 Å². The summed E-state index contributed by atoms with van der Waals surface area (Å²) in [6.45, 7) is 3.01. The summed E-state index contributed by atoms with van der Waals surface area (Å²) in [6.07, 6.45) is 6.45. The summed E-state index contributed by atoms with van der Waals surface area (Å²) < 4.78 is 7.26. The first kappa shape index (κ1) is 16.4. The van der Waals surface area contributed by atoms with Gasteiger partial charge in [0.15, 0.2) is 0 Å². The maximum absolute atomic E-state index is 13.0. The summed E-state index contributed by atoms with van der Waals surface area (Å²) in [6, 6.07) is 3.67. The lowest BCUT2D eigenvalue weighted by atomic mass is 10.0. The Bertz CT molecular complexity index is 931. The van der Waals surface area contributed by atoms with Gasteiger partial charge in [-0.15, -0.1) is 0 Å². The second-order valence-electron chi connectivity index (χ2n) is 6.50. The van der Waals surface area contributed by atoms with Gasteiger partial charge in [0.05, 0.1) is 17.0 Å². The molecule has 4 rings (SSSR count). The van der Waals surface area contributed by atoms with Crippen LogP contribution in [-0.2, 0) is 19.5 Å². The Morgan fingerprint density at radius 2 is 2.27 bits per heavy atom. The normalized spacial score (nSPS) is 13.5. The molecule has 1 amide bonds. The van der Waals surface area contributed by atoms with Crippen LogP contribution >= 0.6 is 0 Å². The van der Waals surface area contributed by atoms with E-state index >= 15 is 0 Å². The van der Waals surface area contributed by atoms with E-state index in [1.807, 2.05) is 23.7 Å². The van der Waals surface area contributed by atoms with Crippen LogP contribution in [-0.4, -0.2) is 42.8 Å². The first-order valence-corrected chi connectivity index (χ1v) is 8.68. The first-order valence-electron chi connectivity index (χ1n) is 8.68. The Kier molecular flexibility index (Phi) is 4.24. The third-order valence-corrected chi connectivity index (χ3v) is 4.59. The Hall–Kier alpha value is -3.03. The fourth-order valence-electron chi connectivity index (χ4n) is 3.30. The van der Waals surface area contributed by atoms with Crippen LogP contribution in [0.3, 0.4) is 0 Å². The molecule has 134 valence electrons. The largest absolute Gasteiger partial charge is 0.337 e. The molecule has 0 aromatic carbocycles. The van der Waals surface area contributed by atoms with Gasteiger partial charge in [-0.05, 0) is 38.3 Å². The molecule has 0 unspecified atom stereocenters. The van der Waals surface area contributed by atoms with E-state index < -0.39 is 0 Å². The number of aromatic nitrogens is 5. The van der Waals surface area contributed by atoms with Gasteiger partial charge in [0.2, 0.25) is 11.7 Å². The van der Waals surface area contributed by atoms with Crippen molar-refractivity contribution >= 4 is 5.91 Å². The van der Waals surface area contributed by atoms with Crippen LogP contribution in [0.15, 0.2) is 29.0 Å². The van der Waals surface area contributed by atoms with Gasteiger partial charge in [-0.2, -0.15) is 10.1 Å². The Morgan fingerprint density at radius 3 is 3.08 bits per heavy atom. The van der Waals surface area contributed by atoms with Crippen molar-refractivity contribution in [2.75, 3.05) is 7.05 Å². The molecule has 0 atom stereocenters. The van der Waals surface area contributed by atoms with Gasteiger partial charge in [0, 0.05) is 31.5 Å². The minimum absolute atomic E-state index is 0.0632. The number of hydrogen-bond acceptors (Lipinski definition) is 6. The Morgan fingerprint density at radius 1 is 1.38 bits per heavy atom. The maximum Gasteiger partial charge on any atom is 0.257 e. The van der Waals surface area contributed by atoms with E-state index in [0.29, 0.717) is 17.3 Å². The quantitative estimate of drug-likeness (QED) is 0.715. The second-order valence-corrected chi connectivity index (χ2v) is 6.50. The molecule has 3 aromatic rings. The molecule has 0 radical (unpaired) electrons. The van der Waals surface area contributed by atoms with Gasteiger partial charge in [-0.25, -0.2) is 0 Å². The number of aryl methyl sites for hydroxylation is 2. The van der Waals surface area contributed by atoms with Crippen LogP contribution in [0.25, 0.3) is 11.4 Å². The molecule has 1 aliphatic heterocycles. The monoisotopic (exact) mass is 352 g/mol. The fourth-order valence-corrected chi connectivity index (χ4v) is 3.30. The van der Waals surface area contributed by atoms with Crippen molar-refractivity contribution in [3.05, 3.63) is 47.4 Å². The SMILES string of the molecule is Cc1nn2c(c1C(=O)N(C)Cc1nc(-c3cccnc3)no1)CCCC2.